The fourth-order valence-corrected chi connectivity index (χ4v) is 3.24. The van der Waals surface area contributed by atoms with Crippen molar-refractivity contribution in [3.63, 3.8) is 0 Å². The van der Waals surface area contributed by atoms with Crippen LogP contribution >= 0.6 is 7.60 Å². The van der Waals surface area contributed by atoms with Gasteiger partial charge in [0, 0.05) is 0 Å². The SMILES string of the molecule is COC(=O)CP(=O)(Oc1c(F)cccc1F)Oc1c(F)cccc1F. The lowest BCUT2D eigenvalue weighted by molar-refractivity contribution is -0.137. The molecule has 0 aromatic heterocycles. The number of benzene rings is 2. The van der Waals surface area contributed by atoms with Gasteiger partial charge in [0.05, 0.1) is 7.11 Å². The Balaban J connectivity index is 2.44. The lowest BCUT2D eigenvalue weighted by Crippen LogP contribution is -2.16. The largest absolute Gasteiger partial charge is 0.468 e. The Kier molecular flexibility index (Phi) is 5.69. The summed E-state index contributed by atoms with van der Waals surface area (Å²) >= 11 is 0. The smallest absolute Gasteiger partial charge is 0.442 e. The topological polar surface area (TPSA) is 61.8 Å². The van der Waals surface area contributed by atoms with E-state index in [0.717, 1.165) is 43.5 Å². The Morgan fingerprint density at radius 2 is 1.24 bits per heavy atom. The minimum atomic E-state index is -4.78. The molecular formula is C15H11F4O5P. The molecule has 2 rings (SSSR count). The Labute approximate surface area is 139 Å². The first-order valence-electron chi connectivity index (χ1n) is 6.69. The first kappa shape index (κ1) is 18.8. The number of hydrogen-bond acceptors (Lipinski definition) is 5. The van der Waals surface area contributed by atoms with Gasteiger partial charge in [0.2, 0.25) is 11.5 Å². The van der Waals surface area contributed by atoms with Crippen LogP contribution in [0.25, 0.3) is 0 Å². The molecule has 0 amide bonds. The van der Waals surface area contributed by atoms with Gasteiger partial charge in [-0.2, -0.15) is 0 Å². The number of carbonyl (C=O) groups is 1. The highest BCUT2D eigenvalue weighted by molar-refractivity contribution is 7.55. The Bertz CT molecular complexity index is 745. The van der Waals surface area contributed by atoms with Crippen molar-refractivity contribution in [1.29, 1.82) is 0 Å². The Hall–Kier alpha value is -2.54. The quantitative estimate of drug-likeness (QED) is 0.431. The minimum Gasteiger partial charge on any atom is -0.468 e. The predicted molar refractivity (Wildman–Crippen MR) is 78.5 cm³/mol. The minimum absolute atomic E-state index is 0.796. The molecule has 0 unspecified atom stereocenters. The van der Waals surface area contributed by atoms with Crippen LogP contribution in [0.15, 0.2) is 36.4 Å². The third-order valence-electron chi connectivity index (χ3n) is 2.85. The molecule has 0 N–H and O–H groups in total. The summed E-state index contributed by atoms with van der Waals surface area (Å²) in [4.78, 5) is 11.4. The normalized spacial score (nSPS) is 11.1. The first-order chi connectivity index (χ1) is 11.8. The van der Waals surface area contributed by atoms with E-state index in [1.165, 1.54) is 0 Å². The summed E-state index contributed by atoms with van der Waals surface area (Å²) in [6.07, 6.45) is -1.13. The number of esters is 1. The van der Waals surface area contributed by atoms with Crippen LogP contribution in [0.1, 0.15) is 0 Å². The predicted octanol–water partition coefficient (Wildman–Crippen LogP) is 4.07. The highest BCUT2D eigenvalue weighted by atomic mass is 31.2. The second kappa shape index (κ2) is 7.57. The highest BCUT2D eigenvalue weighted by Crippen LogP contribution is 2.50. The van der Waals surface area contributed by atoms with Gasteiger partial charge in [0.1, 0.15) is 0 Å². The molecule has 5 nitrogen and oxygen atoms in total. The number of para-hydroxylation sites is 2. The molecule has 0 aliphatic heterocycles. The summed E-state index contributed by atoms with van der Waals surface area (Å²) in [6.45, 7) is 0. The van der Waals surface area contributed by atoms with Crippen LogP contribution in [0, 0.1) is 23.3 Å². The van der Waals surface area contributed by atoms with E-state index in [1.54, 1.807) is 0 Å². The molecule has 0 radical (unpaired) electrons. The van der Waals surface area contributed by atoms with Gasteiger partial charge < -0.3 is 13.8 Å². The fraction of sp³-hybridized carbons (Fsp3) is 0.133. The zero-order valence-electron chi connectivity index (χ0n) is 12.7. The van der Waals surface area contributed by atoms with Crippen molar-refractivity contribution < 1.29 is 40.7 Å². The van der Waals surface area contributed by atoms with Crippen LogP contribution in [-0.4, -0.2) is 19.2 Å². The summed E-state index contributed by atoms with van der Waals surface area (Å²) in [7, 11) is -3.83. The fourth-order valence-electron chi connectivity index (χ4n) is 1.72. The van der Waals surface area contributed by atoms with Crippen molar-refractivity contribution in [3.05, 3.63) is 59.7 Å². The third-order valence-corrected chi connectivity index (χ3v) is 4.42. The molecule has 2 aromatic rings. The van der Waals surface area contributed by atoms with Gasteiger partial charge >= 0.3 is 13.6 Å². The molecule has 0 saturated carbocycles. The summed E-state index contributed by atoms with van der Waals surface area (Å²) in [5.41, 5.74) is 0. The number of ether oxygens (including phenoxy) is 1. The standard InChI is InChI=1S/C15H11F4O5P/c1-22-13(20)8-25(21,23-14-9(16)4-2-5-10(14)17)24-15-11(18)6-3-7-12(15)19/h2-7H,8H2,1H3. The molecule has 0 fully saturated rings. The van der Waals surface area contributed by atoms with E-state index in [1.807, 2.05) is 0 Å². The van der Waals surface area contributed by atoms with Crippen LogP contribution in [0.5, 0.6) is 11.5 Å². The summed E-state index contributed by atoms with van der Waals surface area (Å²) in [5.74, 6) is -8.37. The summed E-state index contributed by atoms with van der Waals surface area (Å²) in [5, 5.41) is 0. The van der Waals surface area contributed by atoms with Crippen LogP contribution in [0.3, 0.4) is 0 Å². The van der Waals surface area contributed by atoms with E-state index in [9.17, 15) is 26.9 Å². The Morgan fingerprint density at radius 1 is 0.880 bits per heavy atom. The first-order valence-corrected chi connectivity index (χ1v) is 8.41. The molecule has 0 heterocycles. The second-order valence-electron chi connectivity index (χ2n) is 4.63. The van der Waals surface area contributed by atoms with E-state index in [-0.39, 0.29) is 0 Å². The van der Waals surface area contributed by atoms with Crippen molar-refractivity contribution in [3.8, 4) is 11.5 Å². The average Bonchev–Trinajstić information content (AvgIpc) is 2.55. The van der Waals surface area contributed by atoms with Crippen molar-refractivity contribution in [2.75, 3.05) is 13.3 Å². The molecule has 0 aliphatic rings. The average molecular weight is 378 g/mol. The van der Waals surface area contributed by atoms with Gasteiger partial charge in [-0.15, -0.1) is 0 Å². The van der Waals surface area contributed by atoms with Crippen molar-refractivity contribution >= 4 is 13.6 Å². The van der Waals surface area contributed by atoms with E-state index >= 15 is 0 Å². The molecule has 0 bridgehead atoms. The summed E-state index contributed by atoms with van der Waals surface area (Å²) < 4.78 is 81.2. The van der Waals surface area contributed by atoms with Crippen molar-refractivity contribution in [1.82, 2.24) is 0 Å². The molecule has 134 valence electrons. The molecule has 0 spiro atoms. The molecule has 2 aromatic carbocycles. The van der Waals surface area contributed by atoms with Gasteiger partial charge in [-0.3, -0.25) is 4.79 Å². The number of methoxy groups -OCH3 is 1. The number of hydrogen-bond donors (Lipinski definition) is 0. The van der Waals surface area contributed by atoms with E-state index in [0.29, 0.717) is 0 Å². The maximum Gasteiger partial charge on any atom is 0.442 e. The third kappa shape index (κ3) is 4.51. The van der Waals surface area contributed by atoms with Crippen LogP contribution in [0.4, 0.5) is 17.6 Å². The second-order valence-corrected chi connectivity index (χ2v) is 6.53. The molecule has 10 heteroatoms. The lowest BCUT2D eigenvalue weighted by Gasteiger charge is -2.20. The van der Waals surface area contributed by atoms with Crippen LogP contribution < -0.4 is 9.05 Å². The lowest BCUT2D eigenvalue weighted by atomic mass is 10.3. The number of rotatable bonds is 6. The van der Waals surface area contributed by atoms with Crippen molar-refractivity contribution in [2.24, 2.45) is 0 Å². The molecule has 0 atom stereocenters. The number of carbonyl (C=O) groups excluding carboxylic acids is 1. The van der Waals surface area contributed by atoms with Gasteiger partial charge in [-0.05, 0) is 24.3 Å². The van der Waals surface area contributed by atoms with E-state index in [4.69, 9.17) is 9.05 Å². The maximum absolute atomic E-state index is 13.7. The van der Waals surface area contributed by atoms with Gasteiger partial charge in [-0.25, -0.2) is 22.1 Å². The monoisotopic (exact) mass is 378 g/mol. The molecule has 25 heavy (non-hydrogen) atoms. The zero-order chi connectivity index (χ0) is 18.6. The Morgan fingerprint density at radius 3 is 1.56 bits per heavy atom. The van der Waals surface area contributed by atoms with Crippen LogP contribution in [0.2, 0.25) is 0 Å². The van der Waals surface area contributed by atoms with E-state index < -0.39 is 54.5 Å². The summed E-state index contributed by atoms with van der Waals surface area (Å²) in [6, 6.07) is 5.21. The van der Waals surface area contributed by atoms with Gasteiger partial charge in [0.15, 0.2) is 29.4 Å². The van der Waals surface area contributed by atoms with Gasteiger partial charge in [0.25, 0.3) is 0 Å². The molecule has 0 saturated heterocycles. The maximum atomic E-state index is 13.7. The highest BCUT2D eigenvalue weighted by Gasteiger charge is 2.36. The van der Waals surface area contributed by atoms with Crippen molar-refractivity contribution in [2.45, 2.75) is 0 Å². The van der Waals surface area contributed by atoms with Crippen LogP contribution in [-0.2, 0) is 14.1 Å². The van der Waals surface area contributed by atoms with Gasteiger partial charge in [-0.1, -0.05) is 12.1 Å². The van der Waals surface area contributed by atoms with E-state index in [2.05, 4.69) is 4.74 Å². The molecule has 0 aliphatic carbocycles. The molecular weight excluding hydrogens is 367 g/mol. The number of halogens is 4. The zero-order valence-corrected chi connectivity index (χ0v) is 13.6.